The number of imide groups is 1. The fourth-order valence-electron chi connectivity index (χ4n) is 2.86. The van der Waals surface area contributed by atoms with E-state index in [-0.39, 0.29) is 37.2 Å². The Bertz CT molecular complexity index is 715. The molecule has 4 amide bonds. The smallest absolute Gasteiger partial charge is 0.255 e. The van der Waals surface area contributed by atoms with Gasteiger partial charge in [0.15, 0.2) is 0 Å². The SMILES string of the molecule is NCC(=O)Nc1ccc2c(c1)CN(C1CCC(=O)NC1=O)C2=O. The highest BCUT2D eigenvalue weighted by molar-refractivity contribution is 6.05. The van der Waals surface area contributed by atoms with Crippen LogP contribution in [-0.4, -0.2) is 41.1 Å². The summed E-state index contributed by atoms with van der Waals surface area (Å²) in [6, 6.07) is 4.30. The number of benzene rings is 1. The molecule has 1 unspecified atom stereocenters. The van der Waals surface area contributed by atoms with Crippen molar-refractivity contribution in [2.24, 2.45) is 5.73 Å². The molecule has 0 radical (unpaired) electrons. The lowest BCUT2D eigenvalue weighted by Crippen LogP contribution is -2.52. The van der Waals surface area contributed by atoms with Gasteiger partial charge in [0.2, 0.25) is 17.7 Å². The van der Waals surface area contributed by atoms with E-state index in [1.165, 1.54) is 4.90 Å². The van der Waals surface area contributed by atoms with E-state index in [9.17, 15) is 19.2 Å². The predicted molar refractivity (Wildman–Crippen MR) is 80.2 cm³/mol. The van der Waals surface area contributed by atoms with Crippen LogP contribution in [0, 0.1) is 0 Å². The van der Waals surface area contributed by atoms with E-state index in [0.717, 1.165) is 5.56 Å². The molecule has 8 heteroatoms. The summed E-state index contributed by atoms with van der Waals surface area (Å²) < 4.78 is 0. The molecule has 0 aromatic heterocycles. The Kier molecular flexibility index (Phi) is 3.83. The van der Waals surface area contributed by atoms with Gasteiger partial charge in [0, 0.05) is 24.2 Å². The lowest BCUT2D eigenvalue weighted by atomic mass is 10.0. The number of nitrogens with one attached hydrogen (secondary N) is 2. The maximum Gasteiger partial charge on any atom is 0.255 e. The first-order valence-corrected chi connectivity index (χ1v) is 7.27. The van der Waals surface area contributed by atoms with Crippen LogP contribution in [0.3, 0.4) is 0 Å². The molecule has 0 spiro atoms. The van der Waals surface area contributed by atoms with Crippen molar-refractivity contribution in [3.63, 3.8) is 0 Å². The van der Waals surface area contributed by atoms with E-state index in [2.05, 4.69) is 10.6 Å². The number of nitrogens with zero attached hydrogens (tertiary/aromatic N) is 1. The van der Waals surface area contributed by atoms with Gasteiger partial charge in [-0.25, -0.2) is 0 Å². The lowest BCUT2D eigenvalue weighted by molar-refractivity contribution is -0.136. The Morgan fingerprint density at radius 3 is 2.83 bits per heavy atom. The third kappa shape index (κ3) is 2.80. The van der Waals surface area contributed by atoms with E-state index in [0.29, 0.717) is 17.7 Å². The monoisotopic (exact) mass is 316 g/mol. The quantitative estimate of drug-likeness (QED) is 0.639. The summed E-state index contributed by atoms with van der Waals surface area (Å²) in [6.45, 7) is 0.144. The van der Waals surface area contributed by atoms with E-state index in [1.54, 1.807) is 18.2 Å². The van der Waals surface area contributed by atoms with Gasteiger partial charge in [0.25, 0.3) is 5.91 Å². The van der Waals surface area contributed by atoms with Gasteiger partial charge in [-0.05, 0) is 30.2 Å². The minimum atomic E-state index is -0.644. The van der Waals surface area contributed by atoms with Crippen molar-refractivity contribution in [2.75, 3.05) is 11.9 Å². The molecule has 1 aromatic rings. The zero-order valence-corrected chi connectivity index (χ0v) is 12.3. The average Bonchev–Trinajstić information content (AvgIpc) is 2.83. The molecule has 23 heavy (non-hydrogen) atoms. The van der Waals surface area contributed by atoms with Crippen LogP contribution in [0.25, 0.3) is 0 Å². The Balaban J connectivity index is 1.80. The Labute approximate surface area is 132 Å². The van der Waals surface area contributed by atoms with E-state index in [4.69, 9.17) is 5.73 Å². The average molecular weight is 316 g/mol. The summed E-state index contributed by atoms with van der Waals surface area (Å²) >= 11 is 0. The van der Waals surface area contributed by atoms with Gasteiger partial charge in [0.05, 0.1) is 6.54 Å². The van der Waals surface area contributed by atoms with Gasteiger partial charge >= 0.3 is 0 Å². The summed E-state index contributed by atoms with van der Waals surface area (Å²) in [5.74, 6) is -1.33. The highest BCUT2D eigenvalue weighted by Crippen LogP contribution is 2.29. The van der Waals surface area contributed by atoms with Crippen molar-refractivity contribution < 1.29 is 19.2 Å². The molecular weight excluding hydrogens is 300 g/mol. The van der Waals surface area contributed by atoms with Crippen LogP contribution >= 0.6 is 0 Å². The highest BCUT2D eigenvalue weighted by Gasteiger charge is 2.39. The third-order valence-electron chi connectivity index (χ3n) is 3.99. The highest BCUT2D eigenvalue weighted by atomic mass is 16.2. The zero-order chi connectivity index (χ0) is 16.6. The number of hydrogen-bond donors (Lipinski definition) is 3. The van der Waals surface area contributed by atoms with Crippen LogP contribution in [0.2, 0.25) is 0 Å². The Morgan fingerprint density at radius 2 is 2.13 bits per heavy atom. The molecule has 3 rings (SSSR count). The Morgan fingerprint density at radius 1 is 1.35 bits per heavy atom. The molecule has 0 saturated carbocycles. The number of fused-ring (bicyclic) bond motifs is 1. The molecule has 4 N–H and O–H groups in total. The molecular formula is C15H16N4O4. The fraction of sp³-hybridized carbons (Fsp3) is 0.333. The van der Waals surface area contributed by atoms with Crippen molar-refractivity contribution in [3.8, 4) is 0 Å². The van der Waals surface area contributed by atoms with Crippen LogP contribution in [0.1, 0.15) is 28.8 Å². The van der Waals surface area contributed by atoms with Crippen molar-refractivity contribution in [2.45, 2.75) is 25.4 Å². The summed E-state index contributed by atoms with van der Waals surface area (Å²) in [6.07, 6.45) is 0.537. The van der Waals surface area contributed by atoms with Crippen LogP contribution in [0.4, 0.5) is 5.69 Å². The van der Waals surface area contributed by atoms with Crippen LogP contribution in [-0.2, 0) is 20.9 Å². The second kappa shape index (κ2) is 5.81. The number of carbonyl (C=O) groups is 4. The number of nitrogens with two attached hydrogens (primary N) is 1. The maximum atomic E-state index is 12.5. The molecule has 2 aliphatic rings. The molecule has 1 atom stereocenters. The van der Waals surface area contributed by atoms with Gasteiger partial charge in [-0.3, -0.25) is 24.5 Å². The lowest BCUT2D eigenvalue weighted by Gasteiger charge is -2.29. The number of carbonyl (C=O) groups excluding carboxylic acids is 4. The number of rotatable bonds is 3. The predicted octanol–water partition coefficient (Wildman–Crippen LogP) is -0.655. The van der Waals surface area contributed by atoms with E-state index < -0.39 is 11.9 Å². The Hall–Kier alpha value is -2.74. The van der Waals surface area contributed by atoms with Crippen molar-refractivity contribution >= 4 is 29.3 Å². The number of anilines is 1. The second-order valence-electron chi connectivity index (χ2n) is 5.52. The second-order valence-corrected chi connectivity index (χ2v) is 5.52. The van der Waals surface area contributed by atoms with Gasteiger partial charge < -0.3 is 16.0 Å². The first kappa shape index (κ1) is 15.2. The van der Waals surface area contributed by atoms with Gasteiger partial charge in [-0.15, -0.1) is 0 Å². The molecule has 8 nitrogen and oxygen atoms in total. The number of piperidine rings is 1. The summed E-state index contributed by atoms with van der Waals surface area (Å²) in [7, 11) is 0. The van der Waals surface area contributed by atoms with Crippen molar-refractivity contribution in [3.05, 3.63) is 29.3 Å². The zero-order valence-electron chi connectivity index (χ0n) is 12.3. The molecule has 120 valence electrons. The van der Waals surface area contributed by atoms with Crippen molar-refractivity contribution in [1.29, 1.82) is 0 Å². The summed E-state index contributed by atoms with van der Waals surface area (Å²) in [5.41, 5.74) is 7.04. The summed E-state index contributed by atoms with van der Waals surface area (Å²) in [5, 5.41) is 4.88. The van der Waals surface area contributed by atoms with Crippen LogP contribution in [0.15, 0.2) is 18.2 Å². The number of hydrogen-bond acceptors (Lipinski definition) is 5. The van der Waals surface area contributed by atoms with Gasteiger partial charge in [0.1, 0.15) is 6.04 Å². The minimum absolute atomic E-state index is 0.127. The minimum Gasteiger partial charge on any atom is -0.325 e. The molecule has 0 aliphatic carbocycles. The first-order valence-electron chi connectivity index (χ1n) is 7.27. The largest absolute Gasteiger partial charge is 0.325 e. The molecule has 2 aliphatic heterocycles. The van der Waals surface area contributed by atoms with Crippen LogP contribution < -0.4 is 16.4 Å². The van der Waals surface area contributed by atoms with E-state index >= 15 is 0 Å². The summed E-state index contributed by atoms with van der Waals surface area (Å²) in [4.78, 5) is 48.4. The van der Waals surface area contributed by atoms with E-state index in [1.807, 2.05) is 0 Å². The first-order chi connectivity index (χ1) is 11.0. The van der Waals surface area contributed by atoms with Crippen LogP contribution in [0.5, 0.6) is 0 Å². The molecule has 1 fully saturated rings. The third-order valence-corrected chi connectivity index (χ3v) is 3.99. The molecule has 1 aromatic carbocycles. The topological polar surface area (TPSA) is 122 Å². The fourth-order valence-corrected chi connectivity index (χ4v) is 2.86. The van der Waals surface area contributed by atoms with Gasteiger partial charge in [-0.1, -0.05) is 0 Å². The number of amides is 4. The normalized spacial score (nSPS) is 20.3. The van der Waals surface area contributed by atoms with Crippen molar-refractivity contribution in [1.82, 2.24) is 10.2 Å². The standard InChI is InChI=1S/C15H16N4O4/c16-6-13(21)17-9-1-2-10-8(5-9)7-19(15(10)23)11-3-4-12(20)18-14(11)22/h1-2,5,11H,3-4,6-7,16H2,(H,17,21)(H,18,20,22). The molecule has 0 bridgehead atoms. The van der Waals surface area contributed by atoms with Gasteiger partial charge in [-0.2, -0.15) is 0 Å². The molecule has 2 heterocycles. The molecule has 1 saturated heterocycles. The maximum absolute atomic E-state index is 12.5.